The molecule has 0 spiro atoms. The number of aromatic nitrogens is 2. The second-order valence-corrected chi connectivity index (χ2v) is 5.79. The number of nitrogens with zero attached hydrogens (tertiary/aromatic N) is 2. The zero-order valence-electron chi connectivity index (χ0n) is 9.04. The van der Waals surface area contributed by atoms with E-state index in [1.807, 2.05) is 0 Å². The normalized spacial score (nSPS) is 22.5. The van der Waals surface area contributed by atoms with Crippen LogP contribution in [-0.2, 0) is 14.8 Å². The third-order valence-corrected chi connectivity index (χ3v) is 4.69. The summed E-state index contributed by atoms with van der Waals surface area (Å²) in [7, 11) is -3.75. The standard InChI is InChI=1S/C9H13N3O4S/c13-9(14)8-3-1-2-4-12(8)17(15,16)7-5-10-11-6-7/h5-6,8H,1-4H2,(H,10,11)(H,13,14). The summed E-state index contributed by atoms with van der Waals surface area (Å²) in [5.41, 5.74) is 0. The lowest BCUT2D eigenvalue weighted by Gasteiger charge is -2.31. The Morgan fingerprint density at radius 1 is 1.53 bits per heavy atom. The minimum absolute atomic E-state index is 0.00523. The van der Waals surface area contributed by atoms with Crippen molar-refractivity contribution in [3.8, 4) is 0 Å². The van der Waals surface area contributed by atoms with E-state index in [1.165, 1.54) is 12.4 Å². The van der Waals surface area contributed by atoms with Gasteiger partial charge in [-0.25, -0.2) is 8.42 Å². The van der Waals surface area contributed by atoms with Crippen molar-refractivity contribution in [2.24, 2.45) is 0 Å². The van der Waals surface area contributed by atoms with Gasteiger partial charge in [0, 0.05) is 12.7 Å². The van der Waals surface area contributed by atoms with Gasteiger partial charge in [-0.1, -0.05) is 0 Å². The highest BCUT2D eigenvalue weighted by Gasteiger charge is 2.37. The van der Waals surface area contributed by atoms with Crippen molar-refractivity contribution in [2.45, 2.75) is 30.2 Å². The van der Waals surface area contributed by atoms with Gasteiger partial charge in [0.15, 0.2) is 0 Å². The molecule has 0 radical (unpaired) electrons. The van der Waals surface area contributed by atoms with Crippen LogP contribution in [0.2, 0.25) is 0 Å². The molecule has 17 heavy (non-hydrogen) atoms. The van der Waals surface area contributed by atoms with Crippen LogP contribution >= 0.6 is 0 Å². The highest BCUT2D eigenvalue weighted by atomic mass is 32.2. The smallest absolute Gasteiger partial charge is 0.322 e. The van der Waals surface area contributed by atoms with Gasteiger partial charge in [-0.05, 0) is 19.3 Å². The Morgan fingerprint density at radius 3 is 2.88 bits per heavy atom. The minimum Gasteiger partial charge on any atom is -0.480 e. The van der Waals surface area contributed by atoms with E-state index < -0.39 is 22.0 Å². The third-order valence-electron chi connectivity index (χ3n) is 2.82. The quantitative estimate of drug-likeness (QED) is 0.797. The number of hydrogen-bond donors (Lipinski definition) is 2. The Hall–Kier alpha value is -1.41. The summed E-state index contributed by atoms with van der Waals surface area (Å²) in [4.78, 5) is 11.1. The lowest BCUT2D eigenvalue weighted by molar-refractivity contribution is -0.142. The second kappa shape index (κ2) is 4.46. The molecule has 1 aromatic heterocycles. The van der Waals surface area contributed by atoms with Crippen LogP contribution in [0.4, 0.5) is 0 Å². The van der Waals surface area contributed by atoms with Crippen LogP contribution in [0.3, 0.4) is 0 Å². The summed E-state index contributed by atoms with van der Waals surface area (Å²) in [5.74, 6) is -1.10. The minimum atomic E-state index is -3.75. The number of hydrogen-bond acceptors (Lipinski definition) is 4. The lowest BCUT2D eigenvalue weighted by Crippen LogP contribution is -2.47. The molecule has 1 saturated heterocycles. The number of aliphatic carboxylic acids is 1. The molecule has 1 aromatic rings. The van der Waals surface area contributed by atoms with E-state index in [1.54, 1.807) is 0 Å². The Kier molecular flexibility index (Phi) is 3.16. The number of carbonyl (C=O) groups is 1. The van der Waals surface area contributed by atoms with Crippen LogP contribution in [0.5, 0.6) is 0 Å². The van der Waals surface area contributed by atoms with E-state index in [0.29, 0.717) is 12.8 Å². The molecular weight excluding hydrogens is 246 g/mol. The lowest BCUT2D eigenvalue weighted by atomic mass is 10.1. The number of sulfonamides is 1. The van der Waals surface area contributed by atoms with E-state index in [-0.39, 0.29) is 11.4 Å². The maximum Gasteiger partial charge on any atom is 0.322 e. The highest BCUT2D eigenvalue weighted by Crippen LogP contribution is 2.24. The van der Waals surface area contributed by atoms with Gasteiger partial charge in [-0.15, -0.1) is 0 Å². The zero-order valence-corrected chi connectivity index (χ0v) is 9.85. The first-order valence-electron chi connectivity index (χ1n) is 5.27. The number of nitrogens with one attached hydrogen (secondary N) is 1. The van der Waals surface area contributed by atoms with Crippen molar-refractivity contribution in [1.82, 2.24) is 14.5 Å². The van der Waals surface area contributed by atoms with Gasteiger partial charge in [-0.3, -0.25) is 9.89 Å². The second-order valence-electron chi connectivity index (χ2n) is 3.90. The average Bonchev–Trinajstić information content (AvgIpc) is 2.83. The van der Waals surface area contributed by atoms with E-state index in [9.17, 15) is 13.2 Å². The first-order valence-corrected chi connectivity index (χ1v) is 6.71. The van der Waals surface area contributed by atoms with Crippen LogP contribution < -0.4 is 0 Å². The molecule has 0 amide bonds. The Bertz CT molecular complexity index is 496. The van der Waals surface area contributed by atoms with Crippen molar-refractivity contribution in [3.05, 3.63) is 12.4 Å². The summed E-state index contributed by atoms with van der Waals surface area (Å²) in [6.07, 6.45) is 4.20. The van der Waals surface area contributed by atoms with E-state index in [4.69, 9.17) is 5.11 Å². The van der Waals surface area contributed by atoms with Crippen LogP contribution in [-0.4, -0.2) is 46.6 Å². The number of H-pyrrole nitrogens is 1. The monoisotopic (exact) mass is 259 g/mol. The fourth-order valence-corrected chi connectivity index (χ4v) is 3.51. The van der Waals surface area contributed by atoms with Crippen molar-refractivity contribution in [3.63, 3.8) is 0 Å². The number of carboxylic acids is 1. The molecule has 1 fully saturated rings. The van der Waals surface area contributed by atoms with Crippen LogP contribution in [0, 0.1) is 0 Å². The number of aromatic amines is 1. The molecule has 0 bridgehead atoms. The number of piperidine rings is 1. The van der Waals surface area contributed by atoms with Gasteiger partial charge in [-0.2, -0.15) is 9.40 Å². The van der Waals surface area contributed by atoms with Gasteiger partial charge in [0.05, 0.1) is 6.20 Å². The zero-order chi connectivity index (χ0) is 12.5. The van der Waals surface area contributed by atoms with Crippen molar-refractivity contribution < 1.29 is 18.3 Å². The first kappa shape index (κ1) is 12.1. The third kappa shape index (κ3) is 2.18. The molecule has 2 rings (SSSR count). The predicted molar refractivity (Wildman–Crippen MR) is 57.8 cm³/mol. The summed E-state index contributed by atoms with van der Waals surface area (Å²) >= 11 is 0. The fourth-order valence-electron chi connectivity index (χ4n) is 1.96. The summed E-state index contributed by atoms with van der Waals surface area (Å²) in [6.45, 7) is 0.241. The topological polar surface area (TPSA) is 103 Å². The summed E-state index contributed by atoms with van der Waals surface area (Å²) in [5, 5.41) is 15.0. The van der Waals surface area contributed by atoms with Crippen molar-refractivity contribution in [1.29, 1.82) is 0 Å². The fraction of sp³-hybridized carbons (Fsp3) is 0.556. The Morgan fingerprint density at radius 2 is 2.29 bits per heavy atom. The molecule has 7 nitrogen and oxygen atoms in total. The van der Waals surface area contributed by atoms with Gasteiger partial charge < -0.3 is 5.11 Å². The Labute approximate surface area is 98.5 Å². The van der Waals surface area contributed by atoms with Crippen molar-refractivity contribution >= 4 is 16.0 Å². The predicted octanol–water partition coefficient (Wildman–Crippen LogP) is 0.0375. The van der Waals surface area contributed by atoms with Gasteiger partial charge in [0.25, 0.3) is 0 Å². The number of carboxylic acid groups (broad SMARTS) is 1. The molecule has 1 aliphatic heterocycles. The van der Waals surface area contributed by atoms with E-state index in [0.717, 1.165) is 10.7 Å². The molecule has 0 aromatic carbocycles. The molecule has 8 heteroatoms. The molecule has 1 atom stereocenters. The molecule has 1 unspecified atom stereocenters. The number of rotatable bonds is 3. The maximum absolute atomic E-state index is 12.2. The van der Waals surface area contributed by atoms with Crippen molar-refractivity contribution in [2.75, 3.05) is 6.54 Å². The maximum atomic E-state index is 12.2. The van der Waals surface area contributed by atoms with Crippen LogP contribution in [0.25, 0.3) is 0 Å². The largest absolute Gasteiger partial charge is 0.480 e. The summed E-state index contributed by atoms with van der Waals surface area (Å²) < 4.78 is 25.4. The molecule has 1 aliphatic rings. The SMILES string of the molecule is O=C(O)C1CCCCN1S(=O)(=O)c1cn[nH]c1. The molecule has 94 valence electrons. The molecule has 0 aliphatic carbocycles. The Balaban J connectivity index is 2.34. The molecule has 2 heterocycles. The molecular formula is C9H13N3O4S. The van der Waals surface area contributed by atoms with Gasteiger partial charge in [0.1, 0.15) is 10.9 Å². The first-order chi connectivity index (χ1) is 8.03. The van der Waals surface area contributed by atoms with E-state index >= 15 is 0 Å². The summed E-state index contributed by atoms with van der Waals surface area (Å²) in [6, 6.07) is -0.969. The van der Waals surface area contributed by atoms with Gasteiger partial charge in [0.2, 0.25) is 10.0 Å². The van der Waals surface area contributed by atoms with Crippen LogP contribution in [0.1, 0.15) is 19.3 Å². The highest BCUT2D eigenvalue weighted by molar-refractivity contribution is 7.89. The van der Waals surface area contributed by atoms with Gasteiger partial charge >= 0.3 is 5.97 Å². The molecule has 0 saturated carbocycles. The molecule has 2 N–H and O–H groups in total. The van der Waals surface area contributed by atoms with E-state index in [2.05, 4.69) is 10.2 Å². The van der Waals surface area contributed by atoms with Crippen LogP contribution in [0.15, 0.2) is 17.3 Å². The average molecular weight is 259 g/mol.